The molecule has 1 fully saturated rings. The predicted molar refractivity (Wildman–Crippen MR) is 49.2 cm³/mol. The minimum absolute atomic E-state index is 0.225. The van der Waals surface area contributed by atoms with Crippen molar-refractivity contribution in [3.63, 3.8) is 0 Å². The Morgan fingerprint density at radius 3 is 3.00 bits per heavy atom. The van der Waals surface area contributed by atoms with Gasteiger partial charge in [0, 0.05) is 12.6 Å². The molecule has 1 saturated heterocycles. The third-order valence-electron chi connectivity index (χ3n) is 2.26. The molecule has 0 saturated carbocycles. The van der Waals surface area contributed by atoms with Gasteiger partial charge in [0.25, 0.3) is 0 Å². The number of Topliss-reactive ketones (excluding diaryl/α,β-unsaturated/α-hetero) is 1. The number of piperidine rings is 1. The van der Waals surface area contributed by atoms with Crippen LogP contribution in [0.25, 0.3) is 0 Å². The van der Waals surface area contributed by atoms with E-state index in [0.29, 0.717) is 12.6 Å². The van der Waals surface area contributed by atoms with Crippen LogP contribution in [-0.4, -0.2) is 43.4 Å². The maximum absolute atomic E-state index is 10.7. The number of nitrogens with zero attached hydrogens (tertiary/aromatic N) is 1. The molecule has 1 atom stereocenters. The van der Waals surface area contributed by atoms with Crippen LogP contribution >= 0.6 is 0 Å². The summed E-state index contributed by atoms with van der Waals surface area (Å²) in [5, 5.41) is 3.26. The predicted octanol–water partition coefficient (Wildman–Crippen LogP) is 0.259. The molecular weight excluding hydrogens is 152 g/mol. The highest BCUT2D eigenvalue weighted by atomic mass is 16.1. The SMILES string of the molecule is CC(=O)CNC1CCCN(C)C1. The largest absolute Gasteiger partial charge is 0.306 e. The molecule has 1 unspecified atom stereocenters. The normalized spacial score (nSPS) is 25.7. The van der Waals surface area contributed by atoms with Crippen LogP contribution in [0.2, 0.25) is 0 Å². The van der Waals surface area contributed by atoms with Gasteiger partial charge >= 0.3 is 0 Å². The fourth-order valence-electron chi connectivity index (χ4n) is 1.62. The number of hydrogen-bond acceptors (Lipinski definition) is 3. The molecule has 0 aliphatic carbocycles. The zero-order valence-electron chi connectivity index (χ0n) is 7.97. The molecule has 1 aliphatic rings. The summed E-state index contributed by atoms with van der Waals surface area (Å²) in [7, 11) is 2.13. The van der Waals surface area contributed by atoms with Gasteiger partial charge in [-0.3, -0.25) is 4.79 Å². The Balaban J connectivity index is 2.18. The number of likely N-dealkylation sites (tertiary alicyclic amines) is 1. The molecule has 0 aromatic carbocycles. The molecule has 1 heterocycles. The molecule has 1 rings (SSSR count). The van der Waals surface area contributed by atoms with Crippen LogP contribution in [0.1, 0.15) is 19.8 Å². The first-order valence-electron chi connectivity index (χ1n) is 4.60. The molecular formula is C9H18N2O. The Morgan fingerprint density at radius 2 is 2.42 bits per heavy atom. The number of rotatable bonds is 3. The Morgan fingerprint density at radius 1 is 1.67 bits per heavy atom. The molecule has 0 aromatic rings. The Kier molecular flexibility index (Phi) is 3.69. The maximum atomic E-state index is 10.7. The van der Waals surface area contributed by atoms with Crippen molar-refractivity contribution in [1.29, 1.82) is 0 Å². The first-order chi connectivity index (χ1) is 5.68. The summed E-state index contributed by atoms with van der Waals surface area (Å²) < 4.78 is 0. The van der Waals surface area contributed by atoms with Crippen LogP contribution in [0, 0.1) is 0 Å². The van der Waals surface area contributed by atoms with Crippen molar-refractivity contribution in [3.8, 4) is 0 Å². The van der Waals surface area contributed by atoms with Gasteiger partial charge in [-0.25, -0.2) is 0 Å². The lowest BCUT2D eigenvalue weighted by atomic mass is 10.1. The van der Waals surface area contributed by atoms with Gasteiger partial charge in [-0.15, -0.1) is 0 Å². The van der Waals surface area contributed by atoms with Crippen molar-refractivity contribution in [2.75, 3.05) is 26.7 Å². The maximum Gasteiger partial charge on any atom is 0.143 e. The van der Waals surface area contributed by atoms with E-state index in [-0.39, 0.29) is 5.78 Å². The molecule has 70 valence electrons. The zero-order chi connectivity index (χ0) is 8.97. The van der Waals surface area contributed by atoms with Gasteiger partial charge < -0.3 is 10.2 Å². The highest BCUT2D eigenvalue weighted by molar-refractivity contribution is 5.77. The Hall–Kier alpha value is -0.410. The number of nitrogens with one attached hydrogen (secondary N) is 1. The number of carbonyl (C=O) groups is 1. The summed E-state index contributed by atoms with van der Waals surface area (Å²) in [6, 6.07) is 0.521. The van der Waals surface area contributed by atoms with E-state index in [1.807, 2.05) is 0 Å². The quantitative estimate of drug-likeness (QED) is 0.659. The Bertz CT molecular complexity index is 159. The van der Waals surface area contributed by atoms with E-state index in [9.17, 15) is 4.79 Å². The fraction of sp³-hybridized carbons (Fsp3) is 0.889. The highest BCUT2D eigenvalue weighted by Gasteiger charge is 2.16. The summed E-state index contributed by atoms with van der Waals surface area (Å²) in [4.78, 5) is 13.0. The molecule has 0 aromatic heterocycles. The lowest BCUT2D eigenvalue weighted by molar-refractivity contribution is -0.116. The van der Waals surface area contributed by atoms with Gasteiger partial charge in [0.05, 0.1) is 6.54 Å². The van der Waals surface area contributed by atoms with Gasteiger partial charge in [0.2, 0.25) is 0 Å². The molecule has 1 N–H and O–H groups in total. The zero-order valence-corrected chi connectivity index (χ0v) is 7.97. The smallest absolute Gasteiger partial charge is 0.143 e. The molecule has 1 aliphatic heterocycles. The summed E-state index contributed by atoms with van der Waals surface area (Å²) in [6.07, 6.45) is 2.45. The first kappa shape index (κ1) is 9.68. The molecule has 0 bridgehead atoms. The summed E-state index contributed by atoms with van der Waals surface area (Å²) in [5.41, 5.74) is 0. The van der Waals surface area contributed by atoms with E-state index in [2.05, 4.69) is 17.3 Å². The van der Waals surface area contributed by atoms with E-state index in [1.54, 1.807) is 6.92 Å². The third-order valence-corrected chi connectivity index (χ3v) is 2.26. The van der Waals surface area contributed by atoms with E-state index >= 15 is 0 Å². The van der Waals surface area contributed by atoms with Gasteiger partial charge in [0.1, 0.15) is 5.78 Å². The van der Waals surface area contributed by atoms with Crippen LogP contribution in [0.15, 0.2) is 0 Å². The van der Waals surface area contributed by atoms with Crippen LogP contribution in [0.3, 0.4) is 0 Å². The number of hydrogen-bond donors (Lipinski definition) is 1. The first-order valence-corrected chi connectivity index (χ1v) is 4.60. The van der Waals surface area contributed by atoms with E-state index in [1.165, 1.54) is 19.4 Å². The highest BCUT2D eigenvalue weighted by Crippen LogP contribution is 2.07. The van der Waals surface area contributed by atoms with Crippen LogP contribution in [0.4, 0.5) is 0 Å². The lowest BCUT2D eigenvalue weighted by Crippen LogP contribution is -2.45. The minimum Gasteiger partial charge on any atom is -0.306 e. The average molecular weight is 170 g/mol. The van der Waals surface area contributed by atoms with Gasteiger partial charge in [-0.1, -0.05) is 0 Å². The summed E-state index contributed by atoms with van der Waals surface area (Å²) >= 11 is 0. The third kappa shape index (κ3) is 3.32. The second kappa shape index (κ2) is 4.58. The van der Waals surface area contributed by atoms with E-state index < -0.39 is 0 Å². The van der Waals surface area contributed by atoms with Gasteiger partial charge in [-0.2, -0.15) is 0 Å². The summed E-state index contributed by atoms with van der Waals surface area (Å²) in [5.74, 6) is 0.225. The topological polar surface area (TPSA) is 32.3 Å². The van der Waals surface area contributed by atoms with Crippen molar-refractivity contribution >= 4 is 5.78 Å². The second-order valence-corrected chi connectivity index (χ2v) is 3.68. The van der Waals surface area contributed by atoms with Crippen molar-refractivity contribution in [2.24, 2.45) is 0 Å². The van der Waals surface area contributed by atoms with Crippen molar-refractivity contribution in [3.05, 3.63) is 0 Å². The van der Waals surface area contributed by atoms with Crippen molar-refractivity contribution in [1.82, 2.24) is 10.2 Å². The fourth-order valence-corrected chi connectivity index (χ4v) is 1.62. The molecule has 3 nitrogen and oxygen atoms in total. The number of ketones is 1. The van der Waals surface area contributed by atoms with E-state index in [4.69, 9.17) is 0 Å². The summed E-state index contributed by atoms with van der Waals surface area (Å²) in [6.45, 7) is 4.42. The second-order valence-electron chi connectivity index (χ2n) is 3.68. The van der Waals surface area contributed by atoms with E-state index in [0.717, 1.165) is 6.54 Å². The number of likely N-dealkylation sites (N-methyl/N-ethyl adjacent to an activating group) is 1. The standard InChI is InChI=1S/C9H18N2O/c1-8(12)6-10-9-4-3-5-11(2)7-9/h9-10H,3-7H2,1-2H3. The van der Waals surface area contributed by atoms with Crippen molar-refractivity contribution in [2.45, 2.75) is 25.8 Å². The van der Waals surface area contributed by atoms with Crippen LogP contribution in [0.5, 0.6) is 0 Å². The average Bonchev–Trinajstić information content (AvgIpc) is 2.01. The molecule has 3 heteroatoms. The molecule has 0 spiro atoms. The molecule has 12 heavy (non-hydrogen) atoms. The Labute approximate surface area is 74.1 Å². The minimum atomic E-state index is 0.225. The van der Waals surface area contributed by atoms with Crippen molar-refractivity contribution < 1.29 is 4.79 Å². The molecule has 0 amide bonds. The number of carbonyl (C=O) groups excluding carboxylic acids is 1. The lowest BCUT2D eigenvalue weighted by Gasteiger charge is -2.30. The van der Waals surface area contributed by atoms with Crippen LogP contribution in [-0.2, 0) is 4.79 Å². The molecule has 0 radical (unpaired) electrons. The van der Waals surface area contributed by atoms with Crippen LogP contribution < -0.4 is 5.32 Å². The van der Waals surface area contributed by atoms with Gasteiger partial charge in [0.15, 0.2) is 0 Å². The monoisotopic (exact) mass is 170 g/mol. The van der Waals surface area contributed by atoms with Gasteiger partial charge in [-0.05, 0) is 33.4 Å².